The quantitative estimate of drug-likeness (QED) is 0.630. The summed E-state index contributed by atoms with van der Waals surface area (Å²) in [5.41, 5.74) is 4.08. The minimum absolute atomic E-state index is 0.197. The smallest absolute Gasteiger partial charge is 0.398 e. The monoisotopic (exact) mass is 167 g/mol. The Morgan fingerprint density at radius 1 is 1.30 bits per heavy atom. The Bertz CT molecular complexity index is 227. The molecule has 0 bridgehead atoms. The zero-order valence-electron chi connectivity index (χ0n) is 4.77. The summed E-state index contributed by atoms with van der Waals surface area (Å²) >= 11 is 0.948. The van der Waals surface area contributed by atoms with Crippen molar-refractivity contribution in [2.45, 2.75) is 6.18 Å². The molecule has 0 aliphatic carbocycles. The summed E-state index contributed by atoms with van der Waals surface area (Å²) in [6.45, 7) is 0. The lowest BCUT2D eigenvalue weighted by Crippen LogP contribution is -2.05. The Hall–Kier alpha value is -0.710. The summed E-state index contributed by atoms with van der Waals surface area (Å²) in [4.78, 5) is 0. The standard InChI is InChI=1S/C5H4F3NS/c6-5(7,8)3-1-10-2-4(3)9/h1-2H,9H2. The van der Waals surface area contributed by atoms with E-state index >= 15 is 0 Å². The van der Waals surface area contributed by atoms with Crippen molar-refractivity contribution in [3.8, 4) is 0 Å². The number of rotatable bonds is 0. The first-order valence-corrected chi connectivity index (χ1v) is 3.35. The predicted molar refractivity (Wildman–Crippen MR) is 33.7 cm³/mol. The Kier molecular flexibility index (Phi) is 1.60. The van der Waals surface area contributed by atoms with Gasteiger partial charge in [0.1, 0.15) is 0 Å². The Balaban J connectivity index is 3.05. The van der Waals surface area contributed by atoms with Crippen LogP contribution >= 0.6 is 11.3 Å². The maximum atomic E-state index is 11.8. The van der Waals surface area contributed by atoms with Crippen molar-refractivity contribution in [2.75, 3.05) is 5.73 Å². The van der Waals surface area contributed by atoms with Gasteiger partial charge >= 0.3 is 6.18 Å². The van der Waals surface area contributed by atoms with Crippen LogP contribution in [0.3, 0.4) is 0 Å². The average molecular weight is 167 g/mol. The molecule has 5 heteroatoms. The molecule has 0 aliphatic heterocycles. The maximum absolute atomic E-state index is 11.8. The third kappa shape index (κ3) is 1.23. The molecule has 0 aliphatic rings. The Labute approximate surface area is 59.3 Å². The number of nitrogens with two attached hydrogens (primary N) is 1. The molecule has 1 heterocycles. The zero-order valence-corrected chi connectivity index (χ0v) is 5.59. The minimum Gasteiger partial charge on any atom is -0.398 e. The molecule has 1 nitrogen and oxygen atoms in total. The lowest BCUT2D eigenvalue weighted by Gasteiger charge is -2.03. The normalized spacial score (nSPS) is 11.9. The van der Waals surface area contributed by atoms with Crippen molar-refractivity contribution < 1.29 is 13.2 Å². The van der Waals surface area contributed by atoms with Crippen molar-refractivity contribution in [3.05, 3.63) is 16.3 Å². The molecule has 2 N–H and O–H groups in total. The number of hydrogen-bond donors (Lipinski definition) is 1. The number of alkyl halides is 3. The second kappa shape index (κ2) is 2.16. The first kappa shape index (κ1) is 7.40. The molecule has 0 unspecified atom stereocenters. The molecule has 1 aromatic rings. The van der Waals surface area contributed by atoms with Gasteiger partial charge in [-0.15, -0.1) is 11.3 Å². The summed E-state index contributed by atoms with van der Waals surface area (Å²) in [6.07, 6.45) is -4.30. The summed E-state index contributed by atoms with van der Waals surface area (Å²) in [5, 5.41) is 2.26. The molecule has 56 valence electrons. The number of thiophene rings is 1. The van der Waals surface area contributed by atoms with Crippen LogP contribution in [-0.4, -0.2) is 0 Å². The fourth-order valence-electron chi connectivity index (χ4n) is 0.537. The van der Waals surface area contributed by atoms with Gasteiger partial charge in [-0.1, -0.05) is 0 Å². The van der Waals surface area contributed by atoms with Crippen LogP contribution in [0.25, 0.3) is 0 Å². The molecule has 0 spiro atoms. The van der Waals surface area contributed by atoms with E-state index in [4.69, 9.17) is 5.73 Å². The van der Waals surface area contributed by atoms with E-state index in [2.05, 4.69) is 0 Å². The van der Waals surface area contributed by atoms with Gasteiger partial charge in [-0.05, 0) is 0 Å². The van der Waals surface area contributed by atoms with Gasteiger partial charge in [0, 0.05) is 10.8 Å². The van der Waals surface area contributed by atoms with E-state index in [-0.39, 0.29) is 5.69 Å². The predicted octanol–water partition coefficient (Wildman–Crippen LogP) is 2.35. The van der Waals surface area contributed by atoms with Crippen molar-refractivity contribution >= 4 is 17.0 Å². The van der Waals surface area contributed by atoms with Crippen LogP contribution in [0.4, 0.5) is 18.9 Å². The second-order valence-corrected chi connectivity index (χ2v) is 2.48. The molecule has 0 fully saturated rings. The molecule has 0 saturated carbocycles. The molecule has 10 heavy (non-hydrogen) atoms. The third-order valence-corrected chi connectivity index (χ3v) is 1.76. The molecular weight excluding hydrogens is 163 g/mol. The lowest BCUT2D eigenvalue weighted by molar-refractivity contribution is -0.136. The van der Waals surface area contributed by atoms with E-state index in [1.807, 2.05) is 0 Å². The van der Waals surface area contributed by atoms with E-state index in [9.17, 15) is 13.2 Å². The van der Waals surface area contributed by atoms with Crippen molar-refractivity contribution in [1.29, 1.82) is 0 Å². The van der Waals surface area contributed by atoms with Gasteiger partial charge in [-0.2, -0.15) is 13.2 Å². The molecule has 0 saturated heterocycles. The van der Waals surface area contributed by atoms with Gasteiger partial charge in [-0.3, -0.25) is 0 Å². The van der Waals surface area contributed by atoms with E-state index in [0.717, 1.165) is 16.7 Å². The Morgan fingerprint density at radius 2 is 1.90 bits per heavy atom. The molecule has 0 radical (unpaired) electrons. The topological polar surface area (TPSA) is 26.0 Å². The van der Waals surface area contributed by atoms with Crippen LogP contribution in [0, 0.1) is 0 Å². The number of nitrogen functional groups attached to an aromatic ring is 1. The summed E-state index contributed by atoms with van der Waals surface area (Å²) < 4.78 is 35.4. The fraction of sp³-hybridized carbons (Fsp3) is 0.200. The molecule has 0 aromatic carbocycles. The SMILES string of the molecule is Nc1cscc1C(F)(F)F. The van der Waals surface area contributed by atoms with Crippen LogP contribution in [0.1, 0.15) is 5.56 Å². The maximum Gasteiger partial charge on any atom is 0.419 e. The first-order chi connectivity index (χ1) is 4.52. The van der Waals surface area contributed by atoms with E-state index in [0.29, 0.717) is 0 Å². The van der Waals surface area contributed by atoms with Gasteiger partial charge in [-0.25, -0.2) is 0 Å². The summed E-state index contributed by atoms with van der Waals surface area (Å²) in [7, 11) is 0. The molecule has 0 atom stereocenters. The van der Waals surface area contributed by atoms with Crippen molar-refractivity contribution in [2.24, 2.45) is 0 Å². The number of hydrogen-bond acceptors (Lipinski definition) is 2. The highest BCUT2D eigenvalue weighted by Crippen LogP contribution is 2.35. The highest BCUT2D eigenvalue weighted by molar-refractivity contribution is 7.08. The summed E-state index contributed by atoms with van der Waals surface area (Å²) in [6, 6.07) is 0. The largest absolute Gasteiger partial charge is 0.419 e. The van der Waals surface area contributed by atoms with E-state index < -0.39 is 11.7 Å². The van der Waals surface area contributed by atoms with Gasteiger partial charge in [0.2, 0.25) is 0 Å². The average Bonchev–Trinajstić information content (AvgIpc) is 2.11. The van der Waals surface area contributed by atoms with Gasteiger partial charge in [0.15, 0.2) is 0 Å². The van der Waals surface area contributed by atoms with Crippen LogP contribution < -0.4 is 5.73 Å². The highest BCUT2D eigenvalue weighted by atomic mass is 32.1. The second-order valence-electron chi connectivity index (χ2n) is 1.74. The number of halogens is 3. The molecular formula is C5H4F3NS. The van der Waals surface area contributed by atoms with Gasteiger partial charge in [0.05, 0.1) is 11.3 Å². The molecule has 0 amide bonds. The third-order valence-electron chi connectivity index (χ3n) is 0.997. The van der Waals surface area contributed by atoms with E-state index in [1.54, 1.807) is 0 Å². The lowest BCUT2D eigenvalue weighted by atomic mass is 10.3. The van der Waals surface area contributed by atoms with Crippen LogP contribution in [0.5, 0.6) is 0 Å². The van der Waals surface area contributed by atoms with Crippen molar-refractivity contribution in [1.82, 2.24) is 0 Å². The summed E-state index contributed by atoms with van der Waals surface area (Å²) in [5.74, 6) is 0. The molecule has 1 rings (SSSR count). The van der Waals surface area contributed by atoms with Crippen LogP contribution in [-0.2, 0) is 6.18 Å². The zero-order chi connectivity index (χ0) is 7.78. The van der Waals surface area contributed by atoms with Crippen LogP contribution in [0.2, 0.25) is 0 Å². The van der Waals surface area contributed by atoms with Gasteiger partial charge in [0.25, 0.3) is 0 Å². The first-order valence-electron chi connectivity index (χ1n) is 2.40. The fourth-order valence-corrected chi connectivity index (χ4v) is 1.28. The highest BCUT2D eigenvalue weighted by Gasteiger charge is 2.33. The molecule has 1 aromatic heterocycles. The minimum atomic E-state index is -4.30. The van der Waals surface area contributed by atoms with Crippen LogP contribution in [0.15, 0.2) is 10.8 Å². The number of anilines is 1. The van der Waals surface area contributed by atoms with Crippen molar-refractivity contribution in [3.63, 3.8) is 0 Å². The van der Waals surface area contributed by atoms with E-state index in [1.165, 1.54) is 5.38 Å². The van der Waals surface area contributed by atoms with Gasteiger partial charge < -0.3 is 5.73 Å². The Morgan fingerprint density at radius 3 is 2.10 bits per heavy atom.